The van der Waals surface area contributed by atoms with Gasteiger partial charge in [-0.25, -0.2) is 9.59 Å². The van der Waals surface area contributed by atoms with E-state index in [1.54, 1.807) is 24.3 Å². The van der Waals surface area contributed by atoms with Gasteiger partial charge in [0, 0.05) is 25.3 Å². The van der Waals surface area contributed by atoms with Gasteiger partial charge in [-0.2, -0.15) is 0 Å². The lowest BCUT2D eigenvalue weighted by Gasteiger charge is -2.31. The molecule has 0 amide bonds. The van der Waals surface area contributed by atoms with Crippen molar-refractivity contribution in [3.8, 4) is 0 Å². The molecule has 0 aliphatic carbocycles. The normalized spacial score (nSPS) is 12.4. The van der Waals surface area contributed by atoms with Crippen LogP contribution in [0.2, 0.25) is 0 Å². The Morgan fingerprint density at radius 1 is 0.861 bits per heavy atom. The van der Waals surface area contributed by atoms with Gasteiger partial charge in [0.1, 0.15) is 12.2 Å². The van der Waals surface area contributed by atoms with E-state index in [4.69, 9.17) is 9.47 Å². The molecule has 2 aromatic carbocycles. The molecule has 200 valence electrons. The van der Waals surface area contributed by atoms with Crippen molar-refractivity contribution in [3.63, 3.8) is 0 Å². The van der Waals surface area contributed by atoms with Gasteiger partial charge < -0.3 is 24.6 Å². The Morgan fingerprint density at radius 2 is 1.47 bits per heavy atom. The topological polar surface area (TPSA) is 71.1 Å². The van der Waals surface area contributed by atoms with Gasteiger partial charge in [0.2, 0.25) is 0 Å². The van der Waals surface area contributed by atoms with Crippen LogP contribution in [0.1, 0.15) is 60.7 Å². The molecule has 0 fully saturated rings. The predicted octanol–water partition coefficient (Wildman–Crippen LogP) is 5.19. The van der Waals surface area contributed by atoms with E-state index in [0.29, 0.717) is 17.7 Å². The van der Waals surface area contributed by atoms with Crippen LogP contribution in [0.15, 0.2) is 54.6 Å². The second-order valence-electron chi connectivity index (χ2n) is 9.59. The molecule has 0 saturated carbocycles. The second-order valence-corrected chi connectivity index (χ2v) is 9.59. The lowest BCUT2D eigenvalue weighted by molar-refractivity contribution is -0.0219. The number of carbonyl (C=O) groups excluding carboxylic acids is 2. The molecule has 0 heterocycles. The van der Waals surface area contributed by atoms with Crippen LogP contribution in [0.25, 0.3) is 0 Å². The number of hydrogen-bond acceptors (Lipinski definition) is 7. The summed E-state index contributed by atoms with van der Waals surface area (Å²) in [5, 5.41) is 3.31. The van der Waals surface area contributed by atoms with Crippen LogP contribution in [0.3, 0.4) is 0 Å². The minimum Gasteiger partial charge on any atom is -0.461 e. The summed E-state index contributed by atoms with van der Waals surface area (Å²) in [5.74, 6) is -0.515. The fraction of sp³-hybridized carbons (Fsp3) is 0.517. The maximum absolute atomic E-state index is 12.0. The molecule has 1 unspecified atom stereocenters. The Balaban J connectivity index is 0.000000362. The fourth-order valence-electron chi connectivity index (χ4n) is 3.28. The molecule has 36 heavy (non-hydrogen) atoms. The molecule has 0 aliphatic heterocycles. The average molecular weight is 500 g/mol. The summed E-state index contributed by atoms with van der Waals surface area (Å²) in [6.07, 6.45) is 3.11. The maximum Gasteiger partial charge on any atom is 0.338 e. The predicted molar refractivity (Wildman–Crippen MR) is 148 cm³/mol. The standard InChI is InChI=1S/C15H24N2O2.C14H21NO2/c1-4-5-10-16-14-8-6-13(7-9-14)15(18)19-12-11-17(2)3;1-5-14(2,11-15(3)4)17-13(16)12-9-7-6-8-10-12/h6-9,16H,4-5,10-12H2,1-3H3;6-10H,5,11H2,1-4H3. The zero-order chi connectivity index (χ0) is 27.0. The first-order valence-electron chi connectivity index (χ1n) is 12.7. The number of hydrogen-bond donors (Lipinski definition) is 1. The van der Waals surface area contributed by atoms with Crippen molar-refractivity contribution in [1.82, 2.24) is 9.80 Å². The van der Waals surface area contributed by atoms with Crippen molar-refractivity contribution in [3.05, 3.63) is 65.7 Å². The van der Waals surface area contributed by atoms with Gasteiger partial charge in [-0.15, -0.1) is 0 Å². The second kappa shape index (κ2) is 16.7. The maximum atomic E-state index is 12.0. The number of unbranched alkanes of at least 4 members (excludes halogenated alkanes) is 1. The Bertz CT molecular complexity index is 885. The van der Waals surface area contributed by atoms with Gasteiger partial charge in [0.15, 0.2) is 0 Å². The van der Waals surface area contributed by atoms with Crippen molar-refractivity contribution >= 4 is 17.6 Å². The van der Waals surface area contributed by atoms with Gasteiger partial charge in [-0.3, -0.25) is 0 Å². The smallest absolute Gasteiger partial charge is 0.338 e. The molecule has 1 atom stereocenters. The molecule has 0 spiro atoms. The average Bonchev–Trinajstić information content (AvgIpc) is 2.84. The van der Waals surface area contributed by atoms with Gasteiger partial charge in [0.05, 0.1) is 11.1 Å². The monoisotopic (exact) mass is 499 g/mol. The van der Waals surface area contributed by atoms with E-state index in [1.165, 1.54) is 6.42 Å². The first kappa shape index (κ1) is 31.1. The summed E-state index contributed by atoms with van der Waals surface area (Å²) in [5.41, 5.74) is 1.81. The number of nitrogens with zero attached hydrogens (tertiary/aromatic N) is 2. The number of rotatable bonds is 13. The first-order valence-corrected chi connectivity index (χ1v) is 12.7. The van der Waals surface area contributed by atoms with Gasteiger partial charge in [-0.1, -0.05) is 38.5 Å². The molecule has 0 bridgehead atoms. The minimum atomic E-state index is -0.434. The minimum absolute atomic E-state index is 0.253. The van der Waals surface area contributed by atoms with E-state index in [2.05, 4.69) is 12.2 Å². The number of ether oxygens (including phenoxy) is 2. The summed E-state index contributed by atoms with van der Waals surface area (Å²) in [6, 6.07) is 16.5. The molecular formula is C29H45N3O4. The highest BCUT2D eigenvalue weighted by Gasteiger charge is 2.28. The van der Waals surface area contributed by atoms with Crippen molar-refractivity contribution in [2.45, 2.75) is 45.6 Å². The highest BCUT2D eigenvalue weighted by molar-refractivity contribution is 5.90. The van der Waals surface area contributed by atoms with E-state index in [-0.39, 0.29) is 11.9 Å². The summed E-state index contributed by atoms with van der Waals surface area (Å²) in [7, 11) is 7.85. The van der Waals surface area contributed by atoms with E-state index in [1.807, 2.05) is 82.2 Å². The lowest BCUT2D eigenvalue weighted by atomic mass is 10.0. The number of nitrogens with one attached hydrogen (secondary N) is 1. The summed E-state index contributed by atoms with van der Waals surface area (Å²) >= 11 is 0. The highest BCUT2D eigenvalue weighted by atomic mass is 16.6. The van der Waals surface area contributed by atoms with E-state index in [9.17, 15) is 9.59 Å². The third-order valence-electron chi connectivity index (χ3n) is 5.50. The molecule has 7 heteroatoms. The molecule has 2 aromatic rings. The number of benzene rings is 2. The number of carbonyl (C=O) groups is 2. The Labute approximate surface area is 217 Å². The molecule has 0 saturated heterocycles. The molecule has 0 aromatic heterocycles. The molecule has 2 rings (SSSR count). The fourth-order valence-corrected chi connectivity index (χ4v) is 3.28. The van der Waals surface area contributed by atoms with E-state index < -0.39 is 5.60 Å². The van der Waals surface area contributed by atoms with E-state index >= 15 is 0 Å². The zero-order valence-corrected chi connectivity index (χ0v) is 23.2. The van der Waals surface area contributed by atoms with Crippen molar-refractivity contribution in [1.29, 1.82) is 0 Å². The Hall–Kier alpha value is -2.90. The number of anilines is 1. The molecule has 1 N–H and O–H groups in total. The van der Waals surface area contributed by atoms with Crippen molar-refractivity contribution < 1.29 is 19.1 Å². The van der Waals surface area contributed by atoms with Gasteiger partial charge >= 0.3 is 11.9 Å². The molecular weight excluding hydrogens is 454 g/mol. The highest BCUT2D eigenvalue weighted by Crippen LogP contribution is 2.18. The van der Waals surface area contributed by atoms with Crippen LogP contribution < -0.4 is 5.32 Å². The van der Waals surface area contributed by atoms with Crippen LogP contribution >= 0.6 is 0 Å². The zero-order valence-electron chi connectivity index (χ0n) is 23.2. The summed E-state index contributed by atoms with van der Waals surface area (Å²) in [4.78, 5) is 27.7. The van der Waals surface area contributed by atoms with Crippen LogP contribution in [-0.4, -0.2) is 81.8 Å². The number of likely N-dealkylation sites (N-methyl/N-ethyl adjacent to an activating group) is 2. The number of esters is 2. The largest absolute Gasteiger partial charge is 0.461 e. The van der Waals surface area contributed by atoms with Crippen LogP contribution in [-0.2, 0) is 9.47 Å². The third kappa shape index (κ3) is 12.7. The van der Waals surface area contributed by atoms with Crippen molar-refractivity contribution in [2.24, 2.45) is 0 Å². The summed E-state index contributed by atoms with van der Waals surface area (Å²) in [6.45, 7) is 9.00. The van der Waals surface area contributed by atoms with Crippen LogP contribution in [0.4, 0.5) is 5.69 Å². The Morgan fingerprint density at radius 3 is 2.00 bits per heavy atom. The quantitative estimate of drug-likeness (QED) is 0.300. The third-order valence-corrected chi connectivity index (χ3v) is 5.50. The molecule has 0 radical (unpaired) electrons. The molecule has 7 nitrogen and oxygen atoms in total. The van der Waals surface area contributed by atoms with Crippen LogP contribution in [0.5, 0.6) is 0 Å². The first-order chi connectivity index (χ1) is 17.1. The van der Waals surface area contributed by atoms with Gasteiger partial charge in [0.25, 0.3) is 0 Å². The molecule has 0 aliphatic rings. The summed E-state index contributed by atoms with van der Waals surface area (Å²) < 4.78 is 10.8. The van der Waals surface area contributed by atoms with Crippen molar-refractivity contribution in [2.75, 3.05) is 59.7 Å². The van der Waals surface area contributed by atoms with Crippen LogP contribution in [0, 0.1) is 0 Å². The lowest BCUT2D eigenvalue weighted by Crippen LogP contribution is -2.41. The Kier molecular flexibility index (Phi) is 14.5. The van der Waals surface area contributed by atoms with Gasteiger partial charge in [-0.05, 0) is 84.4 Å². The SMILES string of the molecule is CCC(C)(CN(C)C)OC(=O)c1ccccc1.CCCCNc1ccc(C(=O)OCCN(C)C)cc1. The van der Waals surface area contributed by atoms with E-state index in [0.717, 1.165) is 38.2 Å².